The zero-order valence-electron chi connectivity index (χ0n) is 14.7. The van der Waals surface area contributed by atoms with Crippen LogP contribution in [0.15, 0.2) is 60.8 Å². The van der Waals surface area contributed by atoms with Gasteiger partial charge in [-0.05, 0) is 11.6 Å². The number of nitrogens with zero attached hydrogens (tertiary/aromatic N) is 2. The Labute approximate surface area is 156 Å². The Morgan fingerprint density at radius 3 is 2.07 bits per heavy atom. The molecule has 0 aliphatic carbocycles. The number of hydrogen-bond donors (Lipinski definition) is 2. The molecular weight excluding hydrogens is 344 g/mol. The number of aromatic nitrogens is 1. The highest BCUT2D eigenvalue weighted by Gasteiger charge is 2.23. The minimum Gasteiger partial charge on any atom is -0.368 e. The van der Waals surface area contributed by atoms with Crippen LogP contribution in [-0.2, 0) is 16.1 Å². The third-order valence-electron chi connectivity index (χ3n) is 4.20. The zero-order valence-corrected chi connectivity index (χ0v) is 14.7. The van der Waals surface area contributed by atoms with Gasteiger partial charge in [0.05, 0.1) is 5.56 Å². The van der Waals surface area contributed by atoms with Crippen LogP contribution in [0.3, 0.4) is 0 Å². The quantitative estimate of drug-likeness (QED) is 0.655. The van der Waals surface area contributed by atoms with Crippen LogP contribution in [0, 0.1) is 0 Å². The lowest BCUT2D eigenvalue weighted by atomic mass is 10.1. The zero-order chi connectivity index (χ0) is 19.4. The van der Waals surface area contributed by atoms with Crippen molar-refractivity contribution in [2.24, 2.45) is 11.5 Å². The molecule has 0 saturated heterocycles. The molecule has 0 atom stereocenters. The first-order chi connectivity index (χ1) is 13.0. The van der Waals surface area contributed by atoms with Crippen LogP contribution in [0.5, 0.6) is 0 Å². The Morgan fingerprint density at radius 1 is 0.852 bits per heavy atom. The van der Waals surface area contributed by atoms with Gasteiger partial charge in [0, 0.05) is 23.6 Å². The molecule has 3 amide bonds. The molecular formula is C20H20N4O3. The Balaban J connectivity index is 2.01. The second-order valence-electron chi connectivity index (χ2n) is 6.27. The maximum absolute atomic E-state index is 13.0. The lowest BCUT2D eigenvalue weighted by molar-refractivity contribution is -0.121. The summed E-state index contributed by atoms with van der Waals surface area (Å²) in [7, 11) is 0. The highest BCUT2D eigenvalue weighted by atomic mass is 16.2. The first kappa shape index (κ1) is 18.2. The minimum atomic E-state index is -0.711. The van der Waals surface area contributed by atoms with Crippen LogP contribution < -0.4 is 11.5 Å². The number of carbonyl (C=O) groups is 3. The molecule has 7 heteroatoms. The van der Waals surface area contributed by atoms with Crippen molar-refractivity contribution >= 4 is 28.6 Å². The lowest BCUT2D eigenvalue weighted by Crippen LogP contribution is -2.43. The Morgan fingerprint density at radius 2 is 1.44 bits per heavy atom. The van der Waals surface area contributed by atoms with E-state index in [0.717, 1.165) is 21.4 Å². The van der Waals surface area contributed by atoms with Gasteiger partial charge in [-0.25, -0.2) is 0 Å². The number of amides is 3. The molecule has 0 radical (unpaired) electrons. The van der Waals surface area contributed by atoms with Crippen molar-refractivity contribution in [3.8, 4) is 0 Å². The average Bonchev–Trinajstić information content (AvgIpc) is 2.99. The van der Waals surface area contributed by atoms with Crippen molar-refractivity contribution in [3.05, 3.63) is 71.9 Å². The van der Waals surface area contributed by atoms with Gasteiger partial charge in [-0.3, -0.25) is 14.4 Å². The van der Waals surface area contributed by atoms with E-state index >= 15 is 0 Å². The molecule has 0 bridgehead atoms. The maximum Gasteiger partial charge on any atom is 0.256 e. The van der Waals surface area contributed by atoms with Crippen molar-refractivity contribution in [2.45, 2.75) is 6.54 Å². The topological polar surface area (TPSA) is 111 Å². The fourth-order valence-corrected chi connectivity index (χ4v) is 3.07. The number of hydrogen-bond acceptors (Lipinski definition) is 3. The molecule has 0 aliphatic heterocycles. The van der Waals surface area contributed by atoms with Gasteiger partial charge in [0.25, 0.3) is 5.91 Å². The van der Waals surface area contributed by atoms with E-state index < -0.39 is 17.7 Å². The van der Waals surface area contributed by atoms with Crippen LogP contribution in [0.4, 0.5) is 0 Å². The van der Waals surface area contributed by atoms with Gasteiger partial charge in [-0.2, -0.15) is 0 Å². The number of rotatable bonds is 7. The molecule has 138 valence electrons. The number of carbonyl (C=O) groups excluding carboxylic acids is 3. The minimum absolute atomic E-state index is 0.375. The Hall–Kier alpha value is -3.61. The highest BCUT2D eigenvalue weighted by Crippen LogP contribution is 2.24. The van der Waals surface area contributed by atoms with Crippen molar-refractivity contribution < 1.29 is 14.4 Å². The van der Waals surface area contributed by atoms with Crippen molar-refractivity contribution in [1.82, 2.24) is 9.47 Å². The summed E-state index contributed by atoms with van der Waals surface area (Å²) in [6.45, 7) is -0.166. The number of benzene rings is 2. The predicted octanol–water partition coefficient (Wildman–Crippen LogP) is 1.10. The summed E-state index contributed by atoms with van der Waals surface area (Å²) in [5.74, 6) is -1.88. The van der Waals surface area contributed by atoms with E-state index in [-0.39, 0.29) is 13.1 Å². The highest BCUT2D eigenvalue weighted by molar-refractivity contribution is 6.08. The number of primary amides is 2. The number of nitrogens with two attached hydrogens (primary N) is 2. The second kappa shape index (κ2) is 7.74. The van der Waals surface area contributed by atoms with Crippen LogP contribution in [0.2, 0.25) is 0 Å². The smallest absolute Gasteiger partial charge is 0.256 e. The van der Waals surface area contributed by atoms with E-state index in [2.05, 4.69) is 0 Å². The van der Waals surface area contributed by atoms with Gasteiger partial charge in [0.15, 0.2) is 0 Å². The summed E-state index contributed by atoms with van der Waals surface area (Å²) >= 11 is 0. The monoisotopic (exact) mass is 364 g/mol. The molecule has 4 N–H and O–H groups in total. The van der Waals surface area contributed by atoms with Crippen LogP contribution in [0.25, 0.3) is 10.9 Å². The molecule has 3 rings (SSSR count). The molecule has 1 aromatic heterocycles. The fraction of sp³-hybridized carbons (Fsp3) is 0.150. The van der Waals surface area contributed by atoms with E-state index in [1.165, 1.54) is 0 Å². The normalized spacial score (nSPS) is 10.7. The van der Waals surface area contributed by atoms with Gasteiger partial charge in [0.2, 0.25) is 11.8 Å². The summed E-state index contributed by atoms with van der Waals surface area (Å²) in [6, 6.07) is 17.3. The van der Waals surface area contributed by atoms with E-state index in [0.29, 0.717) is 12.1 Å². The van der Waals surface area contributed by atoms with E-state index in [9.17, 15) is 14.4 Å². The molecule has 0 saturated carbocycles. The molecule has 0 aliphatic rings. The van der Waals surface area contributed by atoms with Crippen LogP contribution in [-0.4, -0.2) is 40.3 Å². The fourth-order valence-electron chi connectivity index (χ4n) is 3.07. The van der Waals surface area contributed by atoms with E-state index in [4.69, 9.17) is 11.5 Å². The molecule has 2 aromatic carbocycles. The largest absolute Gasteiger partial charge is 0.368 e. The third-order valence-corrected chi connectivity index (χ3v) is 4.20. The number of para-hydroxylation sites is 1. The molecule has 0 spiro atoms. The summed E-state index contributed by atoms with van der Waals surface area (Å²) in [4.78, 5) is 36.7. The molecule has 7 nitrogen and oxygen atoms in total. The Bertz CT molecular complexity index is 979. The summed E-state index contributed by atoms with van der Waals surface area (Å²) in [5.41, 5.74) is 12.8. The van der Waals surface area contributed by atoms with Gasteiger partial charge >= 0.3 is 0 Å². The van der Waals surface area contributed by atoms with E-state index in [1.807, 2.05) is 59.2 Å². The molecule has 0 unspecified atom stereocenters. The van der Waals surface area contributed by atoms with Crippen molar-refractivity contribution in [1.29, 1.82) is 0 Å². The standard InChI is InChI=1S/C20H20N4O3/c21-18(25)12-24(13-19(22)26)20(27)16-11-23(10-14-6-2-1-3-7-14)17-9-5-4-8-15(16)17/h1-9,11H,10,12-13H2,(H2,21,25)(H2,22,26). The summed E-state index contributed by atoms with van der Waals surface area (Å²) in [5, 5.41) is 0.734. The van der Waals surface area contributed by atoms with E-state index in [1.54, 1.807) is 6.20 Å². The first-order valence-corrected chi connectivity index (χ1v) is 8.43. The lowest BCUT2D eigenvalue weighted by Gasteiger charge is -2.19. The molecule has 0 fully saturated rings. The number of fused-ring (bicyclic) bond motifs is 1. The predicted molar refractivity (Wildman–Crippen MR) is 102 cm³/mol. The van der Waals surface area contributed by atoms with Gasteiger partial charge in [-0.1, -0.05) is 48.5 Å². The van der Waals surface area contributed by atoms with Gasteiger partial charge in [-0.15, -0.1) is 0 Å². The van der Waals surface area contributed by atoms with Crippen LogP contribution in [0.1, 0.15) is 15.9 Å². The summed E-state index contributed by atoms with van der Waals surface area (Å²) < 4.78 is 1.96. The maximum atomic E-state index is 13.0. The van der Waals surface area contributed by atoms with Gasteiger partial charge in [0.1, 0.15) is 13.1 Å². The molecule has 1 heterocycles. The molecule has 3 aromatic rings. The first-order valence-electron chi connectivity index (χ1n) is 8.43. The summed E-state index contributed by atoms with van der Waals surface area (Å²) in [6.07, 6.45) is 1.73. The van der Waals surface area contributed by atoms with Crippen molar-refractivity contribution in [2.75, 3.05) is 13.1 Å². The average molecular weight is 364 g/mol. The SMILES string of the molecule is NC(=O)CN(CC(N)=O)C(=O)c1cn(Cc2ccccc2)c2ccccc12. The molecule has 27 heavy (non-hydrogen) atoms. The van der Waals surface area contributed by atoms with Gasteiger partial charge < -0.3 is 20.9 Å². The third kappa shape index (κ3) is 4.14. The van der Waals surface area contributed by atoms with Crippen molar-refractivity contribution in [3.63, 3.8) is 0 Å². The Kier molecular flexibility index (Phi) is 5.21. The second-order valence-corrected chi connectivity index (χ2v) is 6.27. The van der Waals surface area contributed by atoms with Crippen LogP contribution >= 0.6 is 0 Å².